The summed E-state index contributed by atoms with van der Waals surface area (Å²) in [6, 6.07) is 10.2. The van der Waals surface area contributed by atoms with E-state index in [9.17, 15) is 0 Å². The fraction of sp³-hybridized carbons (Fsp3) is 0.167. The van der Waals surface area contributed by atoms with Crippen LogP contribution in [-0.4, -0.2) is 17.0 Å². The smallest absolute Gasteiger partial charge is 0.142 e. The van der Waals surface area contributed by atoms with Gasteiger partial charge in [0.1, 0.15) is 11.6 Å². The monoisotopic (exact) mass is 325 g/mol. The third-order valence-corrected chi connectivity index (χ3v) is 3.03. The molecule has 82 valence electrons. The second-order valence-corrected chi connectivity index (χ2v) is 4.56. The van der Waals surface area contributed by atoms with Crippen LogP contribution in [-0.2, 0) is 6.42 Å². The Balaban J connectivity index is 2.22. The summed E-state index contributed by atoms with van der Waals surface area (Å²) in [4.78, 5) is 8.78. The molecule has 0 aliphatic carbocycles. The molecule has 0 amide bonds. The molecule has 0 saturated heterocycles. The van der Waals surface area contributed by atoms with Crippen LogP contribution in [0.3, 0.4) is 0 Å². The molecule has 0 aliphatic rings. The zero-order valence-corrected chi connectivity index (χ0v) is 11.1. The van der Waals surface area contributed by atoms with Crippen molar-refractivity contribution in [1.29, 1.82) is 0 Å². The van der Waals surface area contributed by atoms with Gasteiger partial charge in [-0.05, 0) is 28.2 Å². The Hall–Kier alpha value is -1.17. The first-order valence-electron chi connectivity index (χ1n) is 5.02. The van der Waals surface area contributed by atoms with E-state index in [-0.39, 0.29) is 0 Å². The molecular weight excluding hydrogens is 313 g/mol. The second-order valence-electron chi connectivity index (χ2n) is 3.40. The molecule has 0 saturated carbocycles. The van der Waals surface area contributed by atoms with E-state index in [0.29, 0.717) is 0 Å². The lowest BCUT2D eigenvalue weighted by Crippen LogP contribution is -2.02. The lowest BCUT2D eigenvalue weighted by atomic mass is 10.1. The number of nitrogens with one attached hydrogen (secondary N) is 1. The molecule has 0 fully saturated rings. The summed E-state index contributed by atoms with van der Waals surface area (Å²) in [5.41, 5.74) is 1.23. The zero-order chi connectivity index (χ0) is 11.4. The molecule has 0 bridgehead atoms. The van der Waals surface area contributed by atoms with Crippen LogP contribution >= 0.6 is 22.6 Å². The van der Waals surface area contributed by atoms with Crippen LogP contribution < -0.4 is 5.32 Å². The highest BCUT2D eigenvalue weighted by atomic mass is 127. The minimum Gasteiger partial charge on any atom is -0.372 e. The predicted molar refractivity (Wildman–Crippen MR) is 73.5 cm³/mol. The summed E-state index contributed by atoms with van der Waals surface area (Å²) >= 11 is 2.22. The number of hydrogen-bond acceptors (Lipinski definition) is 3. The van der Waals surface area contributed by atoms with Crippen molar-refractivity contribution in [3.05, 3.63) is 51.5 Å². The molecule has 0 radical (unpaired) electrons. The van der Waals surface area contributed by atoms with Crippen molar-refractivity contribution >= 4 is 28.4 Å². The van der Waals surface area contributed by atoms with Crippen LogP contribution in [0.4, 0.5) is 5.82 Å². The fourth-order valence-corrected chi connectivity index (χ4v) is 1.97. The molecule has 4 heteroatoms. The first-order valence-corrected chi connectivity index (χ1v) is 6.10. The van der Waals surface area contributed by atoms with Crippen molar-refractivity contribution < 1.29 is 0 Å². The maximum atomic E-state index is 4.46. The van der Waals surface area contributed by atoms with Gasteiger partial charge in [-0.3, -0.25) is 0 Å². The Morgan fingerprint density at radius 2 is 2.00 bits per heavy atom. The predicted octanol–water partition coefficient (Wildman–Crippen LogP) is 2.71. The van der Waals surface area contributed by atoms with Crippen LogP contribution in [0.2, 0.25) is 0 Å². The average Bonchev–Trinajstić information content (AvgIpc) is 2.33. The van der Waals surface area contributed by atoms with Gasteiger partial charge in [0, 0.05) is 19.7 Å². The lowest BCUT2D eigenvalue weighted by Gasteiger charge is -2.05. The molecule has 0 atom stereocenters. The van der Waals surface area contributed by atoms with E-state index in [1.165, 1.54) is 5.56 Å². The fourth-order valence-electron chi connectivity index (χ4n) is 1.44. The molecule has 0 aliphatic heterocycles. The third-order valence-electron chi connectivity index (χ3n) is 2.24. The molecule has 3 nitrogen and oxygen atoms in total. The number of rotatable bonds is 3. The van der Waals surface area contributed by atoms with Crippen LogP contribution in [0.5, 0.6) is 0 Å². The molecule has 1 heterocycles. The summed E-state index contributed by atoms with van der Waals surface area (Å²) in [7, 11) is 1.87. The SMILES string of the molecule is CNc1nc(Cc2ccccc2)ncc1I. The van der Waals surface area contributed by atoms with Gasteiger partial charge in [0.2, 0.25) is 0 Å². The van der Waals surface area contributed by atoms with E-state index in [0.717, 1.165) is 21.6 Å². The molecule has 1 N–H and O–H groups in total. The highest BCUT2D eigenvalue weighted by Gasteiger charge is 2.03. The maximum Gasteiger partial charge on any atom is 0.142 e. The number of halogens is 1. The summed E-state index contributed by atoms with van der Waals surface area (Å²) < 4.78 is 1.04. The molecule has 16 heavy (non-hydrogen) atoms. The van der Waals surface area contributed by atoms with Gasteiger partial charge in [-0.25, -0.2) is 9.97 Å². The highest BCUT2D eigenvalue weighted by Crippen LogP contribution is 2.14. The Kier molecular flexibility index (Phi) is 3.71. The topological polar surface area (TPSA) is 37.8 Å². The van der Waals surface area contributed by atoms with Gasteiger partial charge in [0.15, 0.2) is 0 Å². The molecule has 2 rings (SSSR count). The van der Waals surface area contributed by atoms with Crippen LogP contribution in [0.1, 0.15) is 11.4 Å². The van der Waals surface area contributed by atoms with E-state index >= 15 is 0 Å². The van der Waals surface area contributed by atoms with Crippen molar-refractivity contribution in [3.63, 3.8) is 0 Å². The highest BCUT2D eigenvalue weighted by molar-refractivity contribution is 14.1. The maximum absolute atomic E-state index is 4.46. The molecule has 2 aromatic rings. The Labute approximate surface area is 108 Å². The normalized spacial score (nSPS) is 10.1. The molecule has 1 aromatic carbocycles. The molecule has 0 spiro atoms. The van der Waals surface area contributed by atoms with Gasteiger partial charge in [-0.2, -0.15) is 0 Å². The zero-order valence-electron chi connectivity index (χ0n) is 8.94. The number of aromatic nitrogens is 2. The molecule has 1 aromatic heterocycles. The van der Waals surface area contributed by atoms with Crippen LogP contribution in [0, 0.1) is 3.57 Å². The van der Waals surface area contributed by atoms with E-state index in [2.05, 4.69) is 50.0 Å². The molecular formula is C12H12IN3. The van der Waals surface area contributed by atoms with E-state index in [4.69, 9.17) is 0 Å². The number of hydrogen-bond donors (Lipinski definition) is 1. The first kappa shape index (κ1) is 11.3. The van der Waals surface area contributed by atoms with Crippen LogP contribution in [0.25, 0.3) is 0 Å². The summed E-state index contributed by atoms with van der Waals surface area (Å²) in [6.07, 6.45) is 2.62. The number of anilines is 1. The Bertz CT molecular complexity index is 471. The summed E-state index contributed by atoms with van der Waals surface area (Å²) in [6.45, 7) is 0. The molecule has 0 unspecified atom stereocenters. The van der Waals surface area contributed by atoms with Crippen molar-refractivity contribution in [2.45, 2.75) is 6.42 Å². The van der Waals surface area contributed by atoms with Crippen molar-refractivity contribution in [1.82, 2.24) is 9.97 Å². The third kappa shape index (κ3) is 2.69. The lowest BCUT2D eigenvalue weighted by molar-refractivity contribution is 0.963. The largest absolute Gasteiger partial charge is 0.372 e. The minimum atomic E-state index is 0.770. The van der Waals surface area contributed by atoms with Gasteiger partial charge in [-0.15, -0.1) is 0 Å². The van der Waals surface area contributed by atoms with Gasteiger partial charge in [0.25, 0.3) is 0 Å². The van der Waals surface area contributed by atoms with Gasteiger partial charge in [0.05, 0.1) is 3.57 Å². The van der Waals surface area contributed by atoms with E-state index < -0.39 is 0 Å². The second kappa shape index (κ2) is 5.25. The van der Waals surface area contributed by atoms with Gasteiger partial charge < -0.3 is 5.32 Å². The Morgan fingerprint density at radius 3 is 2.69 bits per heavy atom. The van der Waals surface area contributed by atoms with Gasteiger partial charge >= 0.3 is 0 Å². The summed E-state index contributed by atoms with van der Waals surface area (Å²) in [5, 5.41) is 3.06. The number of nitrogens with zero attached hydrogens (tertiary/aromatic N) is 2. The van der Waals surface area contributed by atoms with E-state index in [1.54, 1.807) is 0 Å². The van der Waals surface area contributed by atoms with E-state index in [1.807, 2.05) is 31.4 Å². The van der Waals surface area contributed by atoms with Crippen molar-refractivity contribution in [2.75, 3.05) is 12.4 Å². The quantitative estimate of drug-likeness (QED) is 0.882. The first-order chi connectivity index (χ1) is 7.79. The van der Waals surface area contributed by atoms with Crippen LogP contribution in [0.15, 0.2) is 36.5 Å². The standard InChI is InChI=1S/C12H12IN3/c1-14-12-10(13)8-15-11(16-12)7-9-5-3-2-4-6-9/h2-6,8H,7H2,1H3,(H,14,15,16). The number of benzene rings is 1. The van der Waals surface area contributed by atoms with Crippen molar-refractivity contribution in [3.8, 4) is 0 Å². The average molecular weight is 325 g/mol. The summed E-state index contributed by atoms with van der Waals surface area (Å²) in [5.74, 6) is 1.73. The Morgan fingerprint density at radius 1 is 1.25 bits per heavy atom. The van der Waals surface area contributed by atoms with Crippen molar-refractivity contribution in [2.24, 2.45) is 0 Å². The minimum absolute atomic E-state index is 0.770. The van der Waals surface area contributed by atoms with Gasteiger partial charge in [-0.1, -0.05) is 30.3 Å².